The first-order valence-corrected chi connectivity index (χ1v) is 7.74. The van der Waals surface area contributed by atoms with E-state index in [9.17, 15) is 0 Å². The number of hydrogen-bond donors (Lipinski definition) is 2. The topological polar surface area (TPSA) is 49.8 Å². The van der Waals surface area contributed by atoms with E-state index >= 15 is 0 Å². The van der Waals surface area contributed by atoms with E-state index < -0.39 is 0 Å². The Balaban J connectivity index is 2.26. The standard InChI is InChI=1S/C15H22N4S/c1-9(2)13-18-14(16-5)11(4)15(19-13)17-8-12-10(3)6-7-20-12/h6-7,9H,8H2,1-5H3,(H2,16,17,18,19). The van der Waals surface area contributed by atoms with Crippen molar-refractivity contribution in [1.82, 2.24) is 9.97 Å². The van der Waals surface area contributed by atoms with Gasteiger partial charge in [0.25, 0.3) is 0 Å². The van der Waals surface area contributed by atoms with Gasteiger partial charge >= 0.3 is 0 Å². The molecule has 108 valence electrons. The lowest BCUT2D eigenvalue weighted by atomic mass is 10.2. The lowest BCUT2D eigenvalue weighted by molar-refractivity contribution is 0.773. The molecule has 5 heteroatoms. The molecule has 0 unspecified atom stereocenters. The molecule has 0 aliphatic heterocycles. The van der Waals surface area contributed by atoms with Crippen molar-refractivity contribution in [3.8, 4) is 0 Å². The van der Waals surface area contributed by atoms with Crippen molar-refractivity contribution < 1.29 is 0 Å². The highest BCUT2D eigenvalue weighted by molar-refractivity contribution is 7.10. The average molecular weight is 290 g/mol. The minimum Gasteiger partial charge on any atom is -0.373 e. The first-order chi connectivity index (χ1) is 9.52. The first-order valence-electron chi connectivity index (χ1n) is 6.86. The van der Waals surface area contributed by atoms with Gasteiger partial charge < -0.3 is 10.6 Å². The molecule has 0 saturated heterocycles. The molecule has 0 amide bonds. The van der Waals surface area contributed by atoms with E-state index in [1.165, 1.54) is 10.4 Å². The Morgan fingerprint density at radius 1 is 1.20 bits per heavy atom. The van der Waals surface area contributed by atoms with Crippen molar-refractivity contribution in [3.63, 3.8) is 0 Å². The fraction of sp³-hybridized carbons (Fsp3) is 0.467. The molecule has 0 radical (unpaired) electrons. The second-order valence-corrected chi connectivity index (χ2v) is 6.19. The molecule has 2 heterocycles. The normalized spacial score (nSPS) is 10.9. The van der Waals surface area contributed by atoms with Gasteiger partial charge in [-0.1, -0.05) is 13.8 Å². The smallest absolute Gasteiger partial charge is 0.135 e. The zero-order valence-corrected chi connectivity index (χ0v) is 13.6. The Morgan fingerprint density at radius 3 is 2.45 bits per heavy atom. The van der Waals surface area contributed by atoms with Crippen LogP contribution < -0.4 is 10.6 Å². The van der Waals surface area contributed by atoms with E-state index in [2.05, 4.69) is 52.8 Å². The summed E-state index contributed by atoms with van der Waals surface area (Å²) in [5.74, 6) is 2.99. The molecule has 0 saturated carbocycles. The van der Waals surface area contributed by atoms with E-state index in [4.69, 9.17) is 0 Å². The van der Waals surface area contributed by atoms with Crippen molar-refractivity contribution >= 4 is 23.0 Å². The van der Waals surface area contributed by atoms with E-state index in [0.29, 0.717) is 5.92 Å². The van der Waals surface area contributed by atoms with Crippen LogP contribution in [-0.4, -0.2) is 17.0 Å². The largest absolute Gasteiger partial charge is 0.373 e. The summed E-state index contributed by atoms with van der Waals surface area (Å²) in [4.78, 5) is 10.6. The molecule has 4 nitrogen and oxygen atoms in total. The summed E-state index contributed by atoms with van der Waals surface area (Å²) in [6.07, 6.45) is 0. The zero-order valence-electron chi connectivity index (χ0n) is 12.7. The maximum atomic E-state index is 4.65. The molecule has 2 aromatic rings. The van der Waals surface area contributed by atoms with Gasteiger partial charge in [0.1, 0.15) is 17.5 Å². The van der Waals surface area contributed by atoms with Gasteiger partial charge in [0.05, 0.1) is 6.54 Å². The van der Waals surface area contributed by atoms with Crippen molar-refractivity contribution in [3.05, 3.63) is 33.3 Å². The molecule has 0 atom stereocenters. The highest BCUT2D eigenvalue weighted by Gasteiger charge is 2.12. The molecule has 0 fully saturated rings. The second kappa shape index (κ2) is 6.22. The minimum absolute atomic E-state index is 0.312. The third-order valence-corrected chi connectivity index (χ3v) is 4.32. The van der Waals surface area contributed by atoms with Crippen LogP contribution in [0.1, 0.15) is 41.6 Å². The second-order valence-electron chi connectivity index (χ2n) is 5.19. The van der Waals surface area contributed by atoms with Crippen molar-refractivity contribution in [1.29, 1.82) is 0 Å². The Labute approximate surface area is 124 Å². The van der Waals surface area contributed by atoms with Crippen LogP contribution in [-0.2, 0) is 6.54 Å². The van der Waals surface area contributed by atoms with E-state index in [0.717, 1.165) is 29.6 Å². The van der Waals surface area contributed by atoms with Crippen LogP contribution in [0.25, 0.3) is 0 Å². The number of rotatable bonds is 5. The SMILES string of the molecule is CNc1nc(C(C)C)nc(NCc2sccc2C)c1C. The third-order valence-electron chi connectivity index (χ3n) is 3.30. The summed E-state index contributed by atoms with van der Waals surface area (Å²) >= 11 is 1.77. The van der Waals surface area contributed by atoms with E-state index in [1.807, 2.05) is 14.0 Å². The van der Waals surface area contributed by atoms with Gasteiger partial charge in [-0.15, -0.1) is 11.3 Å². The number of aryl methyl sites for hydroxylation is 1. The molecule has 2 aromatic heterocycles. The number of hydrogen-bond acceptors (Lipinski definition) is 5. The zero-order chi connectivity index (χ0) is 14.7. The number of thiophene rings is 1. The van der Waals surface area contributed by atoms with Crippen molar-refractivity contribution in [2.75, 3.05) is 17.7 Å². The van der Waals surface area contributed by atoms with Gasteiger partial charge in [0.15, 0.2) is 0 Å². The summed E-state index contributed by atoms with van der Waals surface area (Å²) in [6, 6.07) is 2.15. The number of anilines is 2. The van der Waals surface area contributed by atoms with Crippen LogP contribution in [0, 0.1) is 13.8 Å². The number of aromatic nitrogens is 2. The lowest BCUT2D eigenvalue weighted by Gasteiger charge is -2.15. The molecule has 0 spiro atoms. The van der Waals surface area contributed by atoms with Gasteiger partial charge in [-0.2, -0.15) is 0 Å². The summed E-state index contributed by atoms with van der Waals surface area (Å²) in [6.45, 7) is 9.20. The van der Waals surface area contributed by atoms with Crippen LogP contribution in [0.3, 0.4) is 0 Å². The third kappa shape index (κ3) is 3.10. The van der Waals surface area contributed by atoms with Gasteiger partial charge in [-0.05, 0) is 30.9 Å². The monoisotopic (exact) mass is 290 g/mol. The Hall–Kier alpha value is -1.62. The summed E-state index contributed by atoms with van der Waals surface area (Å²) < 4.78 is 0. The first kappa shape index (κ1) is 14.8. The molecule has 0 aromatic carbocycles. The molecule has 2 rings (SSSR count). The van der Waals surface area contributed by atoms with E-state index in [1.54, 1.807) is 11.3 Å². The molecule has 2 N–H and O–H groups in total. The summed E-state index contributed by atoms with van der Waals surface area (Å²) in [5.41, 5.74) is 2.39. The molecule has 0 aliphatic rings. The molecule has 20 heavy (non-hydrogen) atoms. The maximum absolute atomic E-state index is 4.65. The maximum Gasteiger partial charge on any atom is 0.135 e. The van der Waals surface area contributed by atoms with Crippen molar-refractivity contribution in [2.45, 2.75) is 40.2 Å². The Kier molecular flexibility index (Phi) is 4.60. The van der Waals surface area contributed by atoms with Crippen LogP contribution in [0.15, 0.2) is 11.4 Å². The molecular formula is C15H22N4S. The molecule has 0 aliphatic carbocycles. The fourth-order valence-corrected chi connectivity index (χ4v) is 2.80. The minimum atomic E-state index is 0.312. The summed E-state index contributed by atoms with van der Waals surface area (Å²) in [5, 5.41) is 8.72. The van der Waals surface area contributed by atoms with Crippen LogP contribution in [0.2, 0.25) is 0 Å². The molecular weight excluding hydrogens is 268 g/mol. The predicted octanol–water partition coefficient (Wildman–Crippen LogP) is 3.93. The van der Waals surface area contributed by atoms with E-state index in [-0.39, 0.29) is 0 Å². The highest BCUT2D eigenvalue weighted by atomic mass is 32.1. The quantitative estimate of drug-likeness (QED) is 0.876. The van der Waals surface area contributed by atoms with Gasteiger partial charge in [-0.25, -0.2) is 9.97 Å². The Morgan fingerprint density at radius 2 is 1.90 bits per heavy atom. The fourth-order valence-electron chi connectivity index (χ4n) is 1.96. The van der Waals surface area contributed by atoms with Gasteiger partial charge in [0.2, 0.25) is 0 Å². The lowest BCUT2D eigenvalue weighted by Crippen LogP contribution is -2.10. The van der Waals surface area contributed by atoms with Crippen LogP contribution in [0.4, 0.5) is 11.6 Å². The summed E-state index contributed by atoms with van der Waals surface area (Å²) in [7, 11) is 1.90. The number of nitrogens with one attached hydrogen (secondary N) is 2. The average Bonchev–Trinajstić information content (AvgIpc) is 2.83. The van der Waals surface area contributed by atoms with Crippen LogP contribution >= 0.6 is 11.3 Å². The van der Waals surface area contributed by atoms with Crippen molar-refractivity contribution in [2.24, 2.45) is 0 Å². The van der Waals surface area contributed by atoms with Gasteiger partial charge in [0, 0.05) is 23.4 Å². The predicted molar refractivity (Wildman–Crippen MR) is 86.8 cm³/mol. The number of nitrogens with zero attached hydrogens (tertiary/aromatic N) is 2. The highest BCUT2D eigenvalue weighted by Crippen LogP contribution is 2.24. The van der Waals surface area contributed by atoms with Gasteiger partial charge in [-0.3, -0.25) is 0 Å². The molecule has 0 bridgehead atoms. The van der Waals surface area contributed by atoms with Crippen LogP contribution in [0.5, 0.6) is 0 Å². The Bertz CT molecular complexity index is 590.